The van der Waals surface area contributed by atoms with E-state index in [1.165, 1.54) is 4.90 Å². The van der Waals surface area contributed by atoms with Gasteiger partial charge in [-0.1, -0.05) is 13.8 Å². The Bertz CT molecular complexity index is 934. The number of ether oxygens (including phenoxy) is 1. The highest BCUT2D eigenvalue weighted by atomic mass is 16.5. The molecular formula is C25H36N4O4. The van der Waals surface area contributed by atoms with E-state index in [9.17, 15) is 14.4 Å². The molecule has 1 heterocycles. The van der Waals surface area contributed by atoms with E-state index in [1.54, 1.807) is 36.1 Å². The number of nitrogens with one attached hydrogen (secondary N) is 1. The first kappa shape index (κ1) is 26.0. The molecule has 0 fully saturated rings. The molecule has 0 saturated heterocycles. The van der Waals surface area contributed by atoms with Crippen LogP contribution in [0.2, 0.25) is 0 Å². The second-order valence-corrected chi connectivity index (χ2v) is 8.73. The van der Waals surface area contributed by atoms with Crippen molar-refractivity contribution in [1.82, 2.24) is 14.4 Å². The summed E-state index contributed by atoms with van der Waals surface area (Å²) >= 11 is 0. The van der Waals surface area contributed by atoms with Crippen LogP contribution in [0.25, 0.3) is 0 Å². The average molecular weight is 457 g/mol. The molecule has 0 aliphatic carbocycles. The Labute approximate surface area is 196 Å². The monoisotopic (exact) mass is 456 g/mol. The number of carbonyl (C=O) groups is 3. The molecular weight excluding hydrogens is 420 g/mol. The lowest BCUT2D eigenvalue weighted by Crippen LogP contribution is -2.48. The van der Waals surface area contributed by atoms with Crippen LogP contribution in [0.15, 0.2) is 42.6 Å². The molecule has 0 aliphatic rings. The van der Waals surface area contributed by atoms with E-state index in [2.05, 4.69) is 19.2 Å². The Kier molecular flexibility index (Phi) is 9.51. The number of urea groups is 1. The second-order valence-electron chi connectivity index (χ2n) is 8.73. The lowest BCUT2D eigenvalue weighted by molar-refractivity contribution is -0.133. The lowest BCUT2D eigenvalue weighted by atomic mass is 10.2. The first-order valence-corrected chi connectivity index (χ1v) is 11.3. The summed E-state index contributed by atoms with van der Waals surface area (Å²) in [5.74, 6) is -0.215. The van der Waals surface area contributed by atoms with Gasteiger partial charge in [0.05, 0.1) is 18.7 Å². The average Bonchev–Trinajstić information content (AvgIpc) is 3.15. The Balaban J connectivity index is 2.09. The summed E-state index contributed by atoms with van der Waals surface area (Å²) in [5.41, 5.74) is 1.98. The highest BCUT2D eigenvalue weighted by Crippen LogP contribution is 2.14. The molecule has 0 unspecified atom stereocenters. The number of hydrogen-bond acceptors (Lipinski definition) is 4. The first-order valence-electron chi connectivity index (χ1n) is 11.3. The maximum absolute atomic E-state index is 13.2. The number of amides is 3. The van der Waals surface area contributed by atoms with Gasteiger partial charge in [0, 0.05) is 37.2 Å². The van der Waals surface area contributed by atoms with E-state index in [0.717, 1.165) is 5.69 Å². The minimum Gasteiger partial charge on any atom is -0.462 e. The predicted molar refractivity (Wildman–Crippen MR) is 129 cm³/mol. The summed E-state index contributed by atoms with van der Waals surface area (Å²) in [5, 5.41) is 2.82. The van der Waals surface area contributed by atoms with Gasteiger partial charge in [0.2, 0.25) is 5.91 Å². The van der Waals surface area contributed by atoms with Crippen LogP contribution in [0.4, 0.5) is 10.5 Å². The molecule has 0 aliphatic heterocycles. The normalized spacial score (nSPS) is 10.9. The molecule has 8 heteroatoms. The van der Waals surface area contributed by atoms with Gasteiger partial charge in [0.25, 0.3) is 0 Å². The fourth-order valence-corrected chi connectivity index (χ4v) is 3.39. The summed E-state index contributed by atoms with van der Waals surface area (Å²) < 4.78 is 6.97. The van der Waals surface area contributed by atoms with Gasteiger partial charge in [-0.25, -0.2) is 9.59 Å². The third-order valence-corrected chi connectivity index (χ3v) is 5.18. The van der Waals surface area contributed by atoms with Gasteiger partial charge in [0.15, 0.2) is 0 Å². The number of anilines is 1. The fraction of sp³-hybridized carbons (Fsp3) is 0.480. The summed E-state index contributed by atoms with van der Waals surface area (Å²) in [7, 11) is 1.95. The summed E-state index contributed by atoms with van der Waals surface area (Å²) in [6.45, 7) is 11.0. The predicted octanol–water partition coefficient (Wildman–Crippen LogP) is 4.13. The van der Waals surface area contributed by atoms with Crippen molar-refractivity contribution in [2.75, 3.05) is 25.0 Å². The number of carbonyl (C=O) groups excluding carboxylic acids is 3. The van der Waals surface area contributed by atoms with E-state index in [0.29, 0.717) is 36.9 Å². The second kappa shape index (κ2) is 12.1. The van der Waals surface area contributed by atoms with Gasteiger partial charge in [-0.15, -0.1) is 0 Å². The minimum absolute atomic E-state index is 0.0262. The molecule has 2 rings (SSSR count). The Morgan fingerprint density at radius 2 is 1.73 bits per heavy atom. The third kappa shape index (κ3) is 7.66. The molecule has 0 atom stereocenters. The van der Waals surface area contributed by atoms with Gasteiger partial charge in [-0.05, 0) is 63.1 Å². The summed E-state index contributed by atoms with van der Waals surface area (Å²) in [4.78, 5) is 41.3. The van der Waals surface area contributed by atoms with Crippen molar-refractivity contribution in [3.63, 3.8) is 0 Å². The quantitative estimate of drug-likeness (QED) is 0.545. The Morgan fingerprint density at radius 1 is 1.06 bits per heavy atom. The van der Waals surface area contributed by atoms with Crippen LogP contribution >= 0.6 is 0 Å². The molecule has 1 aromatic heterocycles. The largest absolute Gasteiger partial charge is 0.462 e. The van der Waals surface area contributed by atoms with Crippen LogP contribution in [0, 0.1) is 5.92 Å². The Hall–Kier alpha value is -3.29. The van der Waals surface area contributed by atoms with Crippen molar-refractivity contribution >= 4 is 23.6 Å². The lowest BCUT2D eigenvalue weighted by Gasteiger charge is -2.31. The van der Waals surface area contributed by atoms with E-state index in [1.807, 2.05) is 43.8 Å². The van der Waals surface area contributed by atoms with E-state index >= 15 is 0 Å². The minimum atomic E-state index is -0.409. The maximum Gasteiger partial charge on any atom is 0.338 e. The van der Waals surface area contributed by atoms with Gasteiger partial charge in [-0.3, -0.25) is 4.79 Å². The zero-order valence-electron chi connectivity index (χ0n) is 20.5. The number of esters is 1. The van der Waals surface area contributed by atoms with Crippen molar-refractivity contribution in [3.8, 4) is 0 Å². The van der Waals surface area contributed by atoms with Gasteiger partial charge < -0.3 is 24.4 Å². The van der Waals surface area contributed by atoms with Gasteiger partial charge >= 0.3 is 12.0 Å². The molecule has 3 amide bonds. The van der Waals surface area contributed by atoms with Gasteiger partial charge in [-0.2, -0.15) is 0 Å². The molecule has 1 N–H and O–H groups in total. The number of rotatable bonds is 10. The van der Waals surface area contributed by atoms with Crippen molar-refractivity contribution in [1.29, 1.82) is 0 Å². The molecule has 1 aromatic carbocycles. The summed E-state index contributed by atoms with van der Waals surface area (Å²) in [6.07, 6.45) is 1.95. The van der Waals surface area contributed by atoms with Crippen LogP contribution in [0.5, 0.6) is 0 Å². The smallest absolute Gasteiger partial charge is 0.338 e. The molecule has 0 bridgehead atoms. The molecule has 2 aromatic rings. The highest BCUT2D eigenvalue weighted by molar-refractivity contribution is 5.94. The molecule has 8 nitrogen and oxygen atoms in total. The maximum atomic E-state index is 13.2. The van der Waals surface area contributed by atoms with Crippen molar-refractivity contribution < 1.29 is 19.1 Å². The van der Waals surface area contributed by atoms with E-state index in [4.69, 9.17) is 4.74 Å². The zero-order chi connectivity index (χ0) is 24.5. The number of aryl methyl sites for hydroxylation is 1. The molecule has 0 spiro atoms. The number of aromatic nitrogens is 1. The molecule has 180 valence electrons. The van der Waals surface area contributed by atoms with E-state index < -0.39 is 5.97 Å². The molecule has 33 heavy (non-hydrogen) atoms. The zero-order valence-corrected chi connectivity index (χ0v) is 20.5. The van der Waals surface area contributed by atoms with Crippen molar-refractivity contribution in [2.24, 2.45) is 13.0 Å². The SMILES string of the molecule is CCOC(=O)c1ccc(NC(=O)N(CC(=O)N(Cc2cccn2C)CC(C)C)C(C)C)cc1. The van der Waals surface area contributed by atoms with Crippen LogP contribution < -0.4 is 5.32 Å². The number of nitrogens with zero attached hydrogens (tertiary/aromatic N) is 3. The first-order chi connectivity index (χ1) is 15.6. The fourth-order valence-electron chi connectivity index (χ4n) is 3.39. The van der Waals surface area contributed by atoms with Crippen LogP contribution in [-0.2, 0) is 23.1 Å². The Morgan fingerprint density at radius 3 is 2.24 bits per heavy atom. The topological polar surface area (TPSA) is 83.9 Å². The van der Waals surface area contributed by atoms with Crippen molar-refractivity contribution in [2.45, 2.75) is 47.2 Å². The van der Waals surface area contributed by atoms with Gasteiger partial charge in [0.1, 0.15) is 6.54 Å². The van der Waals surface area contributed by atoms with Crippen LogP contribution in [0.3, 0.4) is 0 Å². The third-order valence-electron chi connectivity index (χ3n) is 5.18. The van der Waals surface area contributed by atoms with E-state index in [-0.39, 0.29) is 24.5 Å². The number of hydrogen-bond donors (Lipinski definition) is 1. The molecule has 0 saturated carbocycles. The molecule has 0 radical (unpaired) electrons. The van der Waals surface area contributed by atoms with Crippen LogP contribution in [0.1, 0.15) is 50.7 Å². The number of benzene rings is 1. The van der Waals surface area contributed by atoms with Crippen molar-refractivity contribution in [3.05, 3.63) is 53.9 Å². The standard InChI is InChI=1S/C25H36N4O4/c1-7-33-24(31)20-10-12-21(13-11-20)26-25(32)29(19(4)5)17-23(30)28(15-18(2)3)16-22-9-8-14-27(22)6/h8-14,18-19H,7,15-17H2,1-6H3,(H,26,32). The highest BCUT2D eigenvalue weighted by Gasteiger charge is 2.24. The summed E-state index contributed by atoms with van der Waals surface area (Å²) in [6, 6.07) is 9.89. The van der Waals surface area contributed by atoms with Crippen LogP contribution in [-0.4, -0.2) is 58.0 Å².